The van der Waals surface area contributed by atoms with Crippen LogP contribution in [0.3, 0.4) is 0 Å². The van der Waals surface area contributed by atoms with E-state index in [-0.39, 0.29) is 12.1 Å². The van der Waals surface area contributed by atoms with Crippen LogP contribution in [0.4, 0.5) is 18.9 Å². The molecule has 0 aliphatic heterocycles. The van der Waals surface area contributed by atoms with Crippen LogP contribution in [0.2, 0.25) is 0 Å². The molecule has 7 heteroatoms. The average molecular weight is 333 g/mol. The van der Waals surface area contributed by atoms with Crippen molar-refractivity contribution in [2.24, 2.45) is 0 Å². The van der Waals surface area contributed by atoms with Gasteiger partial charge in [-0.05, 0) is 24.3 Å². The van der Waals surface area contributed by atoms with Crippen molar-refractivity contribution < 1.29 is 18.0 Å². The van der Waals surface area contributed by atoms with Gasteiger partial charge in [0.25, 0.3) is 0 Å². The number of hydrogen-bond acceptors (Lipinski definition) is 2. The number of aryl methyl sites for hydroxylation is 1. The number of imidazole rings is 1. The van der Waals surface area contributed by atoms with Crippen LogP contribution in [0.5, 0.6) is 0 Å². The van der Waals surface area contributed by atoms with Gasteiger partial charge in [0.2, 0.25) is 5.91 Å². The van der Waals surface area contributed by atoms with Crippen molar-refractivity contribution in [3.8, 4) is 0 Å². The highest BCUT2D eigenvalue weighted by atomic mass is 19.4. The molecule has 2 aromatic carbocycles. The zero-order chi connectivity index (χ0) is 17.2. The maximum Gasteiger partial charge on any atom is 0.418 e. The van der Waals surface area contributed by atoms with E-state index in [0.717, 1.165) is 17.1 Å². The number of aromatic amines is 1. The molecule has 0 aliphatic rings. The van der Waals surface area contributed by atoms with Crippen molar-refractivity contribution in [3.63, 3.8) is 0 Å². The highest BCUT2D eigenvalue weighted by Gasteiger charge is 2.33. The molecular weight excluding hydrogens is 319 g/mol. The van der Waals surface area contributed by atoms with Gasteiger partial charge in [0.15, 0.2) is 0 Å². The maximum absolute atomic E-state index is 12.9. The van der Waals surface area contributed by atoms with Gasteiger partial charge in [-0.25, -0.2) is 4.98 Å². The molecule has 1 heterocycles. The lowest BCUT2D eigenvalue weighted by Gasteiger charge is -2.13. The Bertz CT molecular complexity index is 838. The number of fused-ring (bicyclic) bond motifs is 1. The quantitative estimate of drug-likeness (QED) is 0.753. The molecule has 0 saturated heterocycles. The summed E-state index contributed by atoms with van der Waals surface area (Å²) in [5, 5.41) is 2.32. The third-order valence-electron chi connectivity index (χ3n) is 3.53. The predicted molar refractivity (Wildman–Crippen MR) is 84.5 cm³/mol. The lowest BCUT2D eigenvalue weighted by atomic mass is 10.1. The molecule has 1 amide bonds. The monoisotopic (exact) mass is 333 g/mol. The van der Waals surface area contributed by atoms with E-state index < -0.39 is 17.6 Å². The average Bonchev–Trinajstić information content (AvgIpc) is 2.95. The first kappa shape index (κ1) is 16.0. The van der Waals surface area contributed by atoms with Gasteiger partial charge in [0.1, 0.15) is 5.82 Å². The summed E-state index contributed by atoms with van der Waals surface area (Å²) in [4.78, 5) is 19.4. The zero-order valence-corrected chi connectivity index (χ0v) is 12.5. The van der Waals surface area contributed by atoms with E-state index in [1.54, 1.807) is 0 Å². The Hall–Kier alpha value is -2.83. The summed E-state index contributed by atoms with van der Waals surface area (Å²) in [5.41, 5.74) is 0.548. The van der Waals surface area contributed by atoms with Crippen molar-refractivity contribution in [3.05, 3.63) is 59.9 Å². The summed E-state index contributed by atoms with van der Waals surface area (Å²) < 4.78 is 38.7. The number of alkyl halides is 3. The van der Waals surface area contributed by atoms with Crippen molar-refractivity contribution in [1.29, 1.82) is 0 Å². The normalized spacial score (nSPS) is 11.6. The molecule has 0 unspecified atom stereocenters. The number of rotatable bonds is 4. The number of amides is 1. The number of anilines is 1. The Morgan fingerprint density at radius 1 is 1.08 bits per heavy atom. The minimum atomic E-state index is -4.51. The second-order valence-electron chi connectivity index (χ2n) is 5.29. The number of benzene rings is 2. The Labute approximate surface area is 135 Å². The number of aromatic nitrogens is 2. The van der Waals surface area contributed by atoms with Gasteiger partial charge in [-0.1, -0.05) is 24.3 Å². The smallest absolute Gasteiger partial charge is 0.342 e. The SMILES string of the molecule is O=C(CCc1nc2ccccc2[nH]1)Nc1ccccc1C(F)(F)F. The van der Waals surface area contributed by atoms with E-state index in [1.807, 2.05) is 24.3 Å². The van der Waals surface area contributed by atoms with Crippen molar-refractivity contribution in [2.75, 3.05) is 5.32 Å². The molecule has 0 spiro atoms. The summed E-state index contributed by atoms with van der Waals surface area (Å²) >= 11 is 0. The number of carbonyl (C=O) groups excluding carboxylic acids is 1. The minimum absolute atomic E-state index is 0.0337. The van der Waals surface area contributed by atoms with Crippen LogP contribution in [-0.2, 0) is 17.4 Å². The second kappa shape index (κ2) is 6.35. The van der Waals surface area contributed by atoms with Crippen molar-refractivity contribution in [2.45, 2.75) is 19.0 Å². The number of nitrogens with zero attached hydrogens (tertiary/aromatic N) is 1. The van der Waals surface area contributed by atoms with E-state index in [2.05, 4.69) is 15.3 Å². The summed E-state index contributed by atoms with van der Waals surface area (Å²) in [6, 6.07) is 12.3. The fourth-order valence-corrected chi connectivity index (χ4v) is 2.41. The fraction of sp³-hybridized carbons (Fsp3) is 0.176. The van der Waals surface area contributed by atoms with E-state index in [4.69, 9.17) is 0 Å². The van der Waals surface area contributed by atoms with Crippen LogP contribution < -0.4 is 5.32 Å². The van der Waals surface area contributed by atoms with Crippen LogP contribution in [0.1, 0.15) is 17.8 Å². The third-order valence-corrected chi connectivity index (χ3v) is 3.53. The lowest BCUT2D eigenvalue weighted by Crippen LogP contribution is -2.17. The van der Waals surface area contributed by atoms with Crippen LogP contribution in [0.15, 0.2) is 48.5 Å². The molecule has 24 heavy (non-hydrogen) atoms. The number of para-hydroxylation sites is 3. The van der Waals surface area contributed by atoms with Crippen LogP contribution in [0.25, 0.3) is 11.0 Å². The summed E-state index contributed by atoms with van der Waals surface area (Å²) in [5.74, 6) is 0.127. The van der Waals surface area contributed by atoms with Crippen LogP contribution in [-0.4, -0.2) is 15.9 Å². The van der Waals surface area contributed by atoms with Crippen molar-refractivity contribution >= 4 is 22.6 Å². The Morgan fingerprint density at radius 3 is 2.54 bits per heavy atom. The molecule has 0 fully saturated rings. The number of hydrogen-bond donors (Lipinski definition) is 2. The van der Waals surface area contributed by atoms with Gasteiger partial charge in [-0.2, -0.15) is 13.2 Å². The largest absolute Gasteiger partial charge is 0.418 e. The molecule has 0 radical (unpaired) electrons. The molecule has 3 aromatic rings. The molecule has 124 valence electrons. The topological polar surface area (TPSA) is 57.8 Å². The molecular formula is C17H14F3N3O. The molecule has 2 N–H and O–H groups in total. The molecule has 0 aliphatic carbocycles. The molecule has 0 saturated carbocycles. The summed E-state index contributed by atoms with van der Waals surface area (Å²) in [6.07, 6.45) is -4.16. The second-order valence-corrected chi connectivity index (χ2v) is 5.29. The molecule has 1 aromatic heterocycles. The Kier molecular flexibility index (Phi) is 4.24. The van der Waals surface area contributed by atoms with E-state index in [0.29, 0.717) is 12.2 Å². The first-order valence-corrected chi connectivity index (χ1v) is 7.33. The van der Waals surface area contributed by atoms with Crippen LogP contribution >= 0.6 is 0 Å². The fourth-order valence-electron chi connectivity index (χ4n) is 2.41. The van der Waals surface area contributed by atoms with E-state index in [9.17, 15) is 18.0 Å². The van der Waals surface area contributed by atoms with Gasteiger partial charge >= 0.3 is 6.18 Å². The zero-order valence-electron chi connectivity index (χ0n) is 12.5. The Morgan fingerprint density at radius 2 is 1.79 bits per heavy atom. The van der Waals surface area contributed by atoms with Gasteiger partial charge in [-0.3, -0.25) is 4.79 Å². The van der Waals surface area contributed by atoms with Gasteiger partial charge in [0.05, 0.1) is 22.3 Å². The number of H-pyrrole nitrogens is 1. The molecule has 4 nitrogen and oxygen atoms in total. The third kappa shape index (κ3) is 3.56. The Balaban J connectivity index is 1.66. The highest BCUT2D eigenvalue weighted by Crippen LogP contribution is 2.34. The summed E-state index contributed by atoms with van der Waals surface area (Å²) in [6.45, 7) is 0. The molecule has 3 rings (SSSR count). The van der Waals surface area contributed by atoms with Crippen LogP contribution in [0, 0.1) is 0 Å². The number of halogens is 3. The first-order chi connectivity index (χ1) is 11.4. The van der Waals surface area contributed by atoms with Gasteiger partial charge < -0.3 is 10.3 Å². The van der Waals surface area contributed by atoms with Gasteiger partial charge in [-0.15, -0.1) is 0 Å². The molecule has 0 atom stereocenters. The van der Waals surface area contributed by atoms with E-state index >= 15 is 0 Å². The number of carbonyl (C=O) groups is 1. The predicted octanol–water partition coefficient (Wildman–Crippen LogP) is 4.15. The minimum Gasteiger partial charge on any atom is -0.342 e. The lowest BCUT2D eigenvalue weighted by molar-refractivity contribution is -0.137. The maximum atomic E-state index is 12.9. The number of nitrogens with one attached hydrogen (secondary N) is 2. The van der Waals surface area contributed by atoms with Gasteiger partial charge in [0, 0.05) is 12.8 Å². The first-order valence-electron chi connectivity index (χ1n) is 7.33. The van der Waals surface area contributed by atoms with E-state index in [1.165, 1.54) is 18.2 Å². The summed E-state index contributed by atoms with van der Waals surface area (Å²) in [7, 11) is 0. The standard InChI is InChI=1S/C17H14F3N3O/c18-17(19,20)11-5-1-2-6-12(11)23-16(24)10-9-15-21-13-7-3-4-8-14(13)22-15/h1-8H,9-10H2,(H,21,22)(H,23,24). The van der Waals surface area contributed by atoms with Crippen molar-refractivity contribution in [1.82, 2.24) is 9.97 Å². The molecule has 0 bridgehead atoms. The highest BCUT2D eigenvalue weighted by molar-refractivity contribution is 5.91.